The average molecular weight is 512 g/mol. The first kappa shape index (κ1) is 24.8. The Kier molecular flexibility index (Phi) is 11.4. The van der Waals surface area contributed by atoms with Crippen molar-refractivity contribution in [3.63, 3.8) is 0 Å². The summed E-state index contributed by atoms with van der Waals surface area (Å²) in [5.74, 6) is 3.66. The molecule has 1 saturated heterocycles. The molecule has 6 nitrogen and oxygen atoms in total. The minimum atomic E-state index is 0. The van der Waals surface area contributed by atoms with E-state index in [0.29, 0.717) is 11.9 Å². The Bertz CT molecular complexity index is 469. The van der Waals surface area contributed by atoms with Crippen LogP contribution in [0, 0.1) is 5.92 Å². The molecule has 1 amide bonds. The van der Waals surface area contributed by atoms with Crippen molar-refractivity contribution in [2.24, 2.45) is 10.9 Å². The molecule has 158 valence electrons. The topological polar surface area (TPSA) is 68.8 Å². The third-order valence-corrected chi connectivity index (χ3v) is 5.98. The van der Waals surface area contributed by atoms with E-state index in [9.17, 15) is 4.79 Å². The Balaban J connectivity index is 0.00000364. The van der Waals surface area contributed by atoms with Crippen LogP contribution in [-0.4, -0.2) is 73.1 Å². The lowest BCUT2D eigenvalue weighted by Crippen LogP contribution is -2.49. The second kappa shape index (κ2) is 12.4. The van der Waals surface area contributed by atoms with Crippen molar-refractivity contribution in [3.05, 3.63) is 0 Å². The maximum absolute atomic E-state index is 12.6. The summed E-state index contributed by atoms with van der Waals surface area (Å²) in [4.78, 5) is 19.1. The summed E-state index contributed by atoms with van der Waals surface area (Å²) in [7, 11) is 1.82. The summed E-state index contributed by atoms with van der Waals surface area (Å²) in [5, 5.41) is 10.4. The zero-order valence-electron chi connectivity index (χ0n) is 17.3. The molecule has 0 aromatic rings. The van der Waals surface area contributed by atoms with E-state index in [2.05, 4.69) is 46.6 Å². The van der Waals surface area contributed by atoms with Crippen LogP contribution in [0.1, 0.15) is 46.5 Å². The molecular weight excluding hydrogens is 473 g/mol. The van der Waals surface area contributed by atoms with Crippen LogP contribution >= 0.6 is 35.7 Å². The second-order valence-electron chi connectivity index (χ2n) is 8.31. The van der Waals surface area contributed by atoms with Gasteiger partial charge in [-0.1, -0.05) is 0 Å². The van der Waals surface area contributed by atoms with E-state index in [1.165, 1.54) is 0 Å². The van der Waals surface area contributed by atoms with Crippen LogP contribution in [0.25, 0.3) is 0 Å². The molecule has 0 radical (unpaired) electrons. The maximum Gasteiger partial charge on any atom is 0.225 e. The van der Waals surface area contributed by atoms with E-state index < -0.39 is 0 Å². The number of thioether (sulfide) groups is 1. The van der Waals surface area contributed by atoms with Crippen LogP contribution in [0.5, 0.6) is 0 Å². The van der Waals surface area contributed by atoms with E-state index in [1.54, 1.807) is 0 Å². The van der Waals surface area contributed by atoms with Crippen LogP contribution in [-0.2, 0) is 4.79 Å². The molecule has 8 heteroatoms. The number of carbonyl (C=O) groups excluding carboxylic acids is 1. The van der Waals surface area contributed by atoms with Gasteiger partial charge in [0, 0.05) is 62.2 Å². The van der Waals surface area contributed by atoms with Crippen LogP contribution < -0.4 is 16.0 Å². The van der Waals surface area contributed by atoms with Crippen molar-refractivity contribution in [1.29, 1.82) is 0 Å². The fourth-order valence-corrected chi connectivity index (χ4v) is 4.44. The van der Waals surface area contributed by atoms with E-state index in [4.69, 9.17) is 0 Å². The Morgan fingerprint density at radius 3 is 2.30 bits per heavy atom. The minimum absolute atomic E-state index is 0. The van der Waals surface area contributed by atoms with Crippen molar-refractivity contribution < 1.29 is 4.79 Å². The van der Waals surface area contributed by atoms with Crippen molar-refractivity contribution in [2.45, 2.75) is 58.0 Å². The zero-order chi connectivity index (χ0) is 19.0. The van der Waals surface area contributed by atoms with Gasteiger partial charge in [-0.25, -0.2) is 0 Å². The summed E-state index contributed by atoms with van der Waals surface area (Å²) in [5.41, 5.74) is 0.136. The van der Waals surface area contributed by atoms with E-state index in [1.807, 2.05) is 18.8 Å². The number of hydrogen-bond donors (Lipinski definition) is 3. The number of amides is 1. The fraction of sp³-hybridized carbons (Fsp3) is 0.895. The molecule has 0 unspecified atom stereocenters. The summed E-state index contributed by atoms with van der Waals surface area (Å²) in [6.07, 6.45) is 4.06. The molecule has 1 aliphatic carbocycles. The number of halogens is 1. The molecule has 0 bridgehead atoms. The van der Waals surface area contributed by atoms with Crippen molar-refractivity contribution in [2.75, 3.05) is 44.7 Å². The molecule has 0 spiro atoms. The van der Waals surface area contributed by atoms with Crippen LogP contribution in [0.15, 0.2) is 4.99 Å². The molecule has 1 saturated carbocycles. The molecular formula is C19H38IN5OS. The lowest BCUT2D eigenvalue weighted by molar-refractivity contribution is -0.136. The predicted octanol–water partition coefficient (Wildman–Crippen LogP) is 2.29. The summed E-state index contributed by atoms with van der Waals surface area (Å²) >= 11 is 1.95. The van der Waals surface area contributed by atoms with E-state index in [-0.39, 0.29) is 35.4 Å². The molecule has 2 rings (SSSR count). The Labute approximate surface area is 186 Å². The standard InChI is InChI=1S/C19H37N5OS.HI/c1-19(2,3)22-10-9-21-18(20-4)23-16-7-5-15(6-8-16)17(25)24-11-13-26-14-12-24;/h15-16,22H,5-14H2,1-4H3,(H2,20,21,23);1H. The van der Waals surface area contributed by atoms with Gasteiger partial charge in [0.15, 0.2) is 5.96 Å². The zero-order valence-corrected chi connectivity index (χ0v) is 20.5. The highest BCUT2D eigenvalue weighted by atomic mass is 127. The Morgan fingerprint density at radius 2 is 1.74 bits per heavy atom. The molecule has 1 aliphatic heterocycles. The van der Waals surface area contributed by atoms with Gasteiger partial charge in [0.2, 0.25) is 5.91 Å². The van der Waals surface area contributed by atoms with Gasteiger partial charge in [0.25, 0.3) is 0 Å². The molecule has 0 aromatic carbocycles. The molecule has 2 fully saturated rings. The number of rotatable bonds is 5. The number of guanidine groups is 1. The molecule has 2 aliphatic rings. The van der Waals surface area contributed by atoms with Gasteiger partial charge in [-0.2, -0.15) is 11.8 Å². The third-order valence-electron chi connectivity index (χ3n) is 5.04. The molecule has 0 aromatic heterocycles. The first-order valence-corrected chi connectivity index (χ1v) is 11.1. The number of carbonyl (C=O) groups is 1. The number of aliphatic imine (C=N–C) groups is 1. The summed E-state index contributed by atoms with van der Waals surface area (Å²) in [6, 6.07) is 0.415. The molecule has 27 heavy (non-hydrogen) atoms. The second-order valence-corrected chi connectivity index (χ2v) is 9.53. The normalized spacial score (nSPS) is 24.1. The Morgan fingerprint density at radius 1 is 1.11 bits per heavy atom. The highest BCUT2D eigenvalue weighted by molar-refractivity contribution is 14.0. The van der Waals surface area contributed by atoms with Crippen LogP contribution in [0.2, 0.25) is 0 Å². The number of nitrogens with one attached hydrogen (secondary N) is 3. The van der Waals surface area contributed by atoms with Gasteiger partial charge in [-0.05, 0) is 46.5 Å². The quantitative estimate of drug-likeness (QED) is 0.229. The van der Waals surface area contributed by atoms with Crippen molar-refractivity contribution in [1.82, 2.24) is 20.9 Å². The minimum Gasteiger partial charge on any atom is -0.355 e. The third kappa shape index (κ3) is 9.21. The monoisotopic (exact) mass is 511 g/mol. The van der Waals surface area contributed by atoms with Crippen molar-refractivity contribution >= 4 is 47.6 Å². The van der Waals surface area contributed by atoms with Gasteiger partial charge >= 0.3 is 0 Å². The average Bonchev–Trinajstić information content (AvgIpc) is 2.64. The smallest absolute Gasteiger partial charge is 0.225 e. The highest BCUT2D eigenvalue weighted by Gasteiger charge is 2.30. The van der Waals surface area contributed by atoms with Gasteiger partial charge in [0.1, 0.15) is 0 Å². The van der Waals surface area contributed by atoms with Crippen LogP contribution in [0.4, 0.5) is 0 Å². The molecule has 3 N–H and O–H groups in total. The first-order chi connectivity index (χ1) is 12.4. The SMILES string of the molecule is CN=C(NCCNC(C)(C)C)NC1CCC(C(=O)N2CCSCC2)CC1.I. The predicted molar refractivity (Wildman–Crippen MR) is 127 cm³/mol. The van der Waals surface area contributed by atoms with Gasteiger partial charge in [0.05, 0.1) is 0 Å². The highest BCUT2D eigenvalue weighted by Crippen LogP contribution is 2.27. The Hall–Kier alpha value is -0.220. The lowest BCUT2D eigenvalue weighted by Gasteiger charge is -2.34. The van der Waals surface area contributed by atoms with Crippen LogP contribution in [0.3, 0.4) is 0 Å². The first-order valence-electron chi connectivity index (χ1n) is 9.98. The van der Waals surface area contributed by atoms with Gasteiger partial charge in [-0.15, -0.1) is 24.0 Å². The summed E-state index contributed by atoms with van der Waals surface area (Å²) in [6.45, 7) is 10.1. The number of hydrogen-bond acceptors (Lipinski definition) is 4. The number of nitrogens with zero attached hydrogens (tertiary/aromatic N) is 2. The molecule has 1 heterocycles. The van der Waals surface area contributed by atoms with Gasteiger partial charge < -0.3 is 20.9 Å². The maximum atomic E-state index is 12.6. The van der Waals surface area contributed by atoms with Gasteiger partial charge in [-0.3, -0.25) is 9.79 Å². The largest absolute Gasteiger partial charge is 0.355 e. The lowest BCUT2D eigenvalue weighted by atomic mass is 9.85. The molecule has 0 atom stereocenters. The van der Waals surface area contributed by atoms with E-state index >= 15 is 0 Å². The van der Waals surface area contributed by atoms with Crippen molar-refractivity contribution in [3.8, 4) is 0 Å². The van der Waals surface area contributed by atoms with E-state index in [0.717, 1.165) is 69.3 Å². The fourth-order valence-electron chi connectivity index (χ4n) is 3.53. The summed E-state index contributed by atoms with van der Waals surface area (Å²) < 4.78 is 0.